The lowest BCUT2D eigenvalue weighted by Gasteiger charge is -2.27. The van der Waals surface area contributed by atoms with E-state index in [1.54, 1.807) is 0 Å². The predicted molar refractivity (Wildman–Crippen MR) is 80.2 cm³/mol. The second-order valence-corrected chi connectivity index (χ2v) is 6.24. The molecule has 0 saturated carbocycles. The molecular formula is C15H23N5O. The lowest BCUT2D eigenvalue weighted by molar-refractivity contribution is 0.122. The minimum absolute atomic E-state index is 0.712. The van der Waals surface area contributed by atoms with E-state index in [1.165, 1.54) is 25.1 Å². The normalized spacial score (nSPS) is 29.8. The molecule has 0 radical (unpaired) electrons. The van der Waals surface area contributed by atoms with Gasteiger partial charge in [0.25, 0.3) is 0 Å². The van der Waals surface area contributed by atoms with E-state index in [9.17, 15) is 0 Å². The number of aromatic nitrogens is 2. The van der Waals surface area contributed by atoms with Crippen LogP contribution in [0.3, 0.4) is 0 Å². The lowest BCUT2D eigenvalue weighted by atomic mass is 10.1. The summed E-state index contributed by atoms with van der Waals surface area (Å²) in [4.78, 5) is 13.9. The van der Waals surface area contributed by atoms with Gasteiger partial charge < -0.3 is 15.0 Å². The van der Waals surface area contributed by atoms with Crippen LogP contribution in [0.25, 0.3) is 0 Å². The van der Waals surface area contributed by atoms with Crippen molar-refractivity contribution in [3.63, 3.8) is 0 Å². The first-order valence-electron chi connectivity index (χ1n) is 7.98. The summed E-state index contributed by atoms with van der Waals surface area (Å²) in [5.41, 5.74) is 1.22. The molecule has 6 heteroatoms. The van der Waals surface area contributed by atoms with Gasteiger partial charge in [0.1, 0.15) is 0 Å². The van der Waals surface area contributed by atoms with Gasteiger partial charge in [-0.3, -0.25) is 4.90 Å². The zero-order valence-corrected chi connectivity index (χ0v) is 12.4. The number of ether oxygens (including phenoxy) is 1. The first kappa shape index (κ1) is 13.4. The highest BCUT2D eigenvalue weighted by Gasteiger charge is 2.37. The Morgan fingerprint density at radius 2 is 1.95 bits per heavy atom. The smallest absolute Gasteiger partial charge is 0.225 e. The maximum absolute atomic E-state index is 5.36. The molecule has 1 N–H and O–H groups in total. The molecule has 4 heterocycles. The van der Waals surface area contributed by atoms with Crippen LogP contribution in [-0.2, 0) is 11.3 Å². The van der Waals surface area contributed by atoms with Gasteiger partial charge in [0, 0.05) is 50.2 Å². The molecule has 3 aliphatic rings. The van der Waals surface area contributed by atoms with Crippen molar-refractivity contribution in [2.75, 3.05) is 50.8 Å². The van der Waals surface area contributed by atoms with Crippen LogP contribution in [0.4, 0.5) is 5.95 Å². The Labute approximate surface area is 125 Å². The van der Waals surface area contributed by atoms with Gasteiger partial charge in [-0.15, -0.1) is 0 Å². The van der Waals surface area contributed by atoms with Gasteiger partial charge in [0.15, 0.2) is 0 Å². The van der Waals surface area contributed by atoms with E-state index in [0.29, 0.717) is 6.04 Å². The molecule has 3 fully saturated rings. The molecule has 2 atom stereocenters. The number of rotatable bonds is 3. The Morgan fingerprint density at radius 3 is 2.76 bits per heavy atom. The van der Waals surface area contributed by atoms with Crippen molar-refractivity contribution in [3.05, 3.63) is 18.0 Å². The van der Waals surface area contributed by atoms with Crippen molar-refractivity contribution in [2.45, 2.75) is 19.0 Å². The van der Waals surface area contributed by atoms with Crippen LogP contribution in [0.5, 0.6) is 0 Å². The molecule has 0 bridgehead atoms. The summed E-state index contributed by atoms with van der Waals surface area (Å²) in [5.74, 6) is 1.68. The SMILES string of the molecule is c1nc(N2CCOCC2)ncc1CN1CCC2CNCC21. The van der Waals surface area contributed by atoms with Crippen molar-refractivity contribution in [1.29, 1.82) is 0 Å². The molecule has 1 aromatic rings. The highest BCUT2D eigenvalue weighted by Crippen LogP contribution is 2.28. The molecule has 3 aliphatic heterocycles. The fourth-order valence-electron chi connectivity index (χ4n) is 3.73. The van der Waals surface area contributed by atoms with Crippen LogP contribution in [0, 0.1) is 5.92 Å². The summed E-state index contributed by atoms with van der Waals surface area (Å²) in [6.07, 6.45) is 5.31. The van der Waals surface area contributed by atoms with E-state index in [0.717, 1.165) is 51.3 Å². The van der Waals surface area contributed by atoms with Gasteiger partial charge in [0.05, 0.1) is 13.2 Å². The summed E-state index contributed by atoms with van der Waals surface area (Å²) < 4.78 is 5.36. The number of morpholine rings is 1. The van der Waals surface area contributed by atoms with E-state index in [4.69, 9.17) is 4.74 Å². The predicted octanol–water partition coefficient (Wildman–Crippen LogP) is 0.107. The topological polar surface area (TPSA) is 53.5 Å². The van der Waals surface area contributed by atoms with Crippen LogP contribution in [0.2, 0.25) is 0 Å². The van der Waals surface area contributed by atoms with Crippen LogP contribution in [0.15, 0.2) is 12.4 Å². The number of hydrogen-bond acceptors (Lipinski definition) is 6. The van der Waals surface area contributed by atoms with E-state index in [-0.39, 0.29) is 0 Å². The lowest BCUT2D eigenvalue weighted by Crippen LogP contribution is -2.37. The molecule has 6 nitrogen and oxygen atoms in total. The maximum atomic E-state index is 5.36. The van der Waals surface area contributed by atoms with Crippen LogP contribution < -0.4 is 10.2 Å². The first-order chi connectivity index (χ1) is 10.4. The van der Waals surface area contributed by atoms with Crippen molar-refractivity contribution in [1.82, 2.24) is 20.2 Å². The largest absolute Gasteiger partial charge is 0.378 e. The molecule has 4 rings (SSSR count). The standard InChI is InChI=1S/C15H23N5O/c1-2-20(14-10-16-9-13(1)14)11-12-7-17-15(18-8-12)19-3-5-21-6-4-19/h7-8,13-14,16H,1-6,9-11H2. The van der Waals surface area contributed by atoms with E-state index in [2.05, 4.69) is 25.1 Å². The Morgan fingerprint density at radius 1 is 1.14 bits per heavy atom. The summed E-state index contributed by atoms with van der Waals surface area (Å²) in [5, 5.41) is 3.50. The number of nitrogens with one attached hydrogen (secondary N) is 1. The number of likely N-dealkylation sites (tertiary alicyclic amines) is 1. The molecule has 1 aromatic heterocycles. The van der Waals surface area contributed by atoms with Gasteiger partial charge >= 0.3 is 0 Å². The summed E-state index contributed by atoms with van der Waals surface area (Å²) >= 11 is 0. The zero-order chi connectivity index (χ0) is 14.1. The number of nitrogens with zero attached hydrogens (tertiary/aromatic N) is 4. The zero-order valence-electron chi connectivity index (χ0n) is 12.4. The van der Waals surface area contributed by atoms with Crippen molar-refractivity contribution in [3.8, 4) is 0 Å². The first-order valence-corrected chi connectivity index (χ1v) is 7.98. The van der Waals surface area contributed by atoms with Gasteiger partial charge in [0.2, 0.25) is 5.95 Å². The number of hydrogen-bond donors (Lipinski definition) is 1. The Kier molecular flexibility index (Phi) is 3.75. The number of anilines is 1. The fourth-order valence-corrected chi connectivity index (χ4v) is 3.73. The third-order valence-electron chi connectivity index (χ3n) is 4.93. The Bertz CT molecular complexity index is 473. The average Bonchev–Trinajstić information content (AvgIpc) is 3.14. The fraction of sp³-hybridized carbons (Fsp3) is 0.733. The molecule has 0 amide bonds. The van der Waals surface area contributed by atoms with E-state index >= 15 is 0 Å². The van der Waals surface area contributed by atoms with Crippen molar-refractivity contribution < 1.29 is 4.74 Å². The molecular weight excluding hydrogens is 266 g/mol. The minimum Gasteiger partial charge on any atom is -0.378 e. The maximum Gasteiger partial charge on any atom is 0.225 e. The molecule has 0 spiro atoms. The molecule has 2 unspecified atom stereocenters. The summed E-state index contributed by atoms with van der Waals surface area (Å²) in [7, 11) is 0. The summed E-state index contributed by atoms with van der Waals surface area (Å²) in [6.45, 7) is 7.84. The molecule has 3 saturated heterocycles. The highest BCUT2D eigenvalue weighted by molar-refractivity contribution is 5.30. The molecule has 114 valence electrons. The van der Waals surface area contributed by atoms with Gasteiger partial charge in [-0.1, -0.05) is 0 Å². The van der Waals surface area contributed by atoms with Gasteiger partial charge in [-0.2, -0.15) is 0 Å². The number of fused-ring (bicyclic) bond motifs is 1. The molecule has 21 heavy (non-hydrogen) atoms. The Hall–Kier alpha value is -1.24. The second-order valence-electron chi connectivity index (χ2n) is 6.24. The van der Waals surface area contributed by atoms with Gasteiger partial charge in [-0.05, 0) is 25.4 Å². The minimum atomic E-state index is 0.712. The van der Waals surface area contributed by atoms with E-state index in [1.807, 2.05) is 12.4 Å². The average molecular weight is 289 g/mol. The van der Waals surface area contributed by atoms with Crippen LogP contribution in [0.1, 0.15) is 12.0 Å². The molecule has 0 aromatic carbocycles. The van der Waals surface area contributed by atoms with Gasteiger partial charge in [-0.25, -0.2) is 9.97 Å². The highest BCUT2D eigenvalue weighted by atomic mass is 16.5. The summed E-state index contributed by atoms with van der Waals surface area (Å²) in [6, 6.07) is 0.712. The van der Waals surface area contributed by atoms with Crippen LogP contribution >= 0.6 is 0 Å². The Balaban J connectivity index is 1.39. The third-order valence-corrected chi connectivity index (χ3v) is 4.93. The van der Waals surface area contributed by atoms with Crippen molar-refractivity contribution in [2.24, 2.45) is 5.92 Å². The quantitative estimate of drug-likeness (QED) is 0.852. The second kappa shape index (κ2) is 5.87. The third kappa shape index (κ3) is 2.75. The van der Waals surface area contributed by atoms with Crippen LogP contribution in [-0.4, -0.2) is 66.8 Å². The monoisotopic (exact) mass is 289 g/mol. The van der Waals surface area contributed by atoms with Crippen molar-refractivity contribution >= 4 is 5.95 Å². The van der Waals surface area contributed by atoms with E-state index < -0.39 is 0 Å². The molecule has 0 aliphatic carbocycles.